The fourth-order valence-electron chi connectivity index (χ4n) is 3.53. The van der Waals surface area contributed by atoms with Crippen LogP contribution in [0.3, 0.4) is 0 Å². The predicted molar refractivity (Wildman–Crippen MR) is 105 cm³/mol. The van der Waals surface area contributed by atoms with E-state index in [2.05, 4.69) is 4.98 Å². The van der Waals surface area contributed by atoms with Crippen molar-refractivity contribution >= 4 is 34.0 Å². The maximum absolute atomic E-state index is 12.9. The Morgan fingerprint density at radius 2 is 2.11 bits per heavy atom. The molecule has 0 bridgehead atoms. The number of fused-ring (bicyclic) bond motifs is 2. The number of esters is 1. The van der Waals surface area contributed by atoms with Gasteiger partial charge < -0.3 is 24.5 Å². The molecule has 1 aromatic carbocycles. The monoisotopic (exact) mass is 384 g/mol. The zero-order valence-electron chi connectivity index (χ0n) is 15.9. The zero-order valence-corrected chi connectivity index (χ0v) is 15.9. The van der Waals surface area contributed by atoms with Crippen LogP contribution >= 0.6 is 0 Å². The molecule has 3 heterocycles. The third-order valence-electron chi connectivity index (χ3n) is 4.95. The molecule has 1 aliphatic rings. The summed E-state index contributed by atoms with van der Waals surface area (Å²) in [5.74, 6) is -0.174. The van der Waals surface area contributed by atoms with Gasteiger partial charge in [-0.05, 0) is 31.4 Å². The lowest BCUT2D eigenvalue weighted by molar-refractivity contribution is 0.0163. The molecule has 1 fully saturated rings. The van der Waals surface area contributed by atoms with Crippen LogP contribution in [0.2, 0.25) is 0 Å². The number of nitrogens with zero attached hydrogens (tertiary/aromatic N) is 3. The fourth-order valence-corrected chi connectivity index (χ4v) is 3.53. The van der Waals surface area contributed by atoms with Crippen LogP contribution in [0.15, 0.2) is 24.3 Å². The van der Waals surface area contributed by atoms with Gasteiger partial charge in [0.05, 0.1) is 17.1 Å². The number of ether oxygens (including phenoxy) is 3. The van der Waals surface area contributed by atoms with Gasteiger partial charge in [-0.2, -0.15) is 0 Å². The van der Waals surface area contributed by atoms with Gasteiger partial charge in [0.1, 0.15) is 23.5 Å². The number of hydrogen-bond donors (Lipinski definition) is 1. The summed E-state index contributed by atoms with van der Waals surface area (Å²) in [7, 11) is 1.65. The minimum Gasteiger partial charge on any atom is -0.459 e. The number of rotatable bonds is 7. The largest absolute Gasteiger partial charge is 0.459 e. The summed E-state index contributed by atoms with van der Waals surface area (Å²) in [6.07, 6.45) is 2.57. The van der Waals surface area contributed by atoms with Gasteiger partial charge in [-0.25, -0.2) is 14.8 Å². The van der Waals surface area contributed by atoms with E-state index in [0.29, 0.717) is 42.3 Å². The molecule has 0 radical (unpaired) electrons. The summed E-state index contributed by atoms with van der Waals surface area (Å²) in [4.78, 5) is 22.2. The summed E-state index contributed by atoms with van der Waals surface area (Å²) in [6.45, 7) is 2.08. The summed E-state index contributed by atoms with van der Waals surface area (Å²) in [6, 6.07) is 7.54. The second-order valence-electron chi connectivity index (χ2n) is 6.88. The third-order valence-corrected chi connectivity index (χ3v) is 4.95. The van der Waals surface area contributed by atoms with Gasteiger partial charge >= 0.3 is 5.97 Å². The van der Waals surface area contributed by atoms with E-state index in [-0.39, 0.29) is 18.3 Å². The first-order valence-electron chi connectivity index (χ1n) is 9.51. The van der Waals surface area contributed by atoms with Gasteiger partial charge in [-0.3, -0.25) is 0 Å². The van der Waals surface area contributed by atoms with E-state index in [0.717, 1.165) is 24.8 Å². The van der Waals surface area contributed by atoms with Gasteiger partial charge in [0.15, 0.2) is 5.65 Å². The van der Waals surface area contributed by atoms with Crippen molar-refractivity contribution in [3.05, 3.63) is 29.8 Å². The molecule has 0 aliphatic carbocycles. The molecule has 4 rings (SSSR count). The maximum atomic E-state index is 12.9. The predicted octanol–water partition coefficient (Wildman–Crippen LogP) is 2.54. The van der Waals surface area contributed by atoms with Crippen LogP contribution in [-0.2, 0) is 20.8 Å². The lowest BCUT2D eigenvalue weighted by Gasteiger charge is -2.10. The van der Waals surface area contributed by atoms with E-state index in [9.17, 15) is 4.79 Å². The minimum atomic E-state index is -0.493. The Kier molecular flexibility index (Phi) is 5.40. The Hall–Kier alpha value is -2.71. The van der Waals surface area contributed by atoms with Crippen LogP contribution in [0.25, 0.3) is 22.2 Å². The van der Waals surface area contributed by atoms with Crippen molar-refractivity contribution in [3.8, 4) is 0 Å². The third kappa shape index (κ3) is 3.53. The van der Waals surface area contributed by atoms with Crippen LogP contribution in [-0.4, -0.2) is 53.5 Å². The Bertz CT molecular complexity index is 995. The van der Waals surface area contributed by atoms with Crippen LogP contribution in [0.5, 0.6) is 0 Å². The Labute approximate surface area is 162 Å². The molecule has 0 unspecified atom stereocenters. The first-order valence-corrected chi connectivity index (χ1v) is 9.51. The second kappa shape index (κ2) is 8.12. The average molecular weight is 384 g/mol. The van der Waals surface area contributed by atoms with Crippen LogP contribution in [0.1, 0.15) is 29.6 Å². The van der Waals surface area contributed by atoms with Crippen molar-refractivity contribution in [1.29, 1.82) is 0 Å². The number of nitrogen functional groups attached to an aromatic ring is 1. The standard InChI is InChI=1S/C20H24N4O4/c1-26-10-5-9-24-18(21)16(20(25)28-12-13-6-4-11-27-13)17-19(24)23-15-8-3-2-7-14(15)22-17/h2-3,7-8,13H,4-6,9-12,21H2,1H3/t13-/m0/s1. The molecule has 1 atom stereocenters. The van der Waals surface area contributed by atoms with Crippen molar-refractivity contribution in [2.75, 3.05) is 32.7 Å². The van der Waals surface area contributed by atoms with Gasteiger partial charge in [0, 0.05) is 26.9 Å². The Morgan fingerprint density at radius 3 is 2.82 bits per heavy atom. The van der Waals surface area contributed by atoms with Crippen molar-refractivity contribution in [2.45, 2.75) is 31.9 Å². The molecule has 0 amide bonds. The van der Waals surface area contributed by atoms with Crippen LogP contribution < -0.4 is 5.73 Å². The lowest BCUT2D eigenvalue weighted by atomic mass is 10.2. The highest BCUT2D eigenvalue weighted by molar-refractivity contribution is 6.08. The number of benzene rings is 1. The van der Waals surface area contributed by atoms with E-state index in [1.165, 1.54) is 0 Å². The normalized spacial score (nSPS) is 16.8. The van der Waals surface area contributed by atoms with Crippen molar-refractivity contribution in [2.24, 2.45) is 0 Å². The Balaban J connectivity index is 1.73. The minimum absolute atomic E-state index is 0.0489. The van der Waals surface area contributed by atoms with Gasteiger partial charge in [-0.1, -0.05) is 12.1 Å². The summed E-state index contributed by atoms with van der Waals surface area (Å²) in [5, 5.41) is 0. The van der Waals surface area contributed by atoms with E-state index in [1.807, 2.05) is 28.8 Å². The van der Waals surface area contributed by atoms with E-state index in [4.69, 9.17) is 24.9 Å². The number of anilines is 1. The maximum Gasteiger partial charge on any atom is 0.344 e. The number of nitrogens with two attached hydrogens (primary N) is 1. The molecule has 148 valence electrons. The smallest absolute Gasteiger partial charge is 0.344 e. The molecule has 1 aliphatic heterocycles. The van der Waals surface area contributed by atoms with Gasteiger partial charge in [-0.15, -0.1) is 0 Å². The summed E-state index contributed by atoms with van der Waals surface area (Å²) < 4.78 is 18.0. The fraction of sp³-hybridized carbons (Fsp3) is 0.450. The molecule has 8 nitrogen and oxygen atoms in total. The lowest BCUT2D eigenvalue weighted by Crippen LogP contribution is -2.18. The first kappa shape index (κ1) is 18.6. The SMILES string of the molecule is COCCCn1c(N)c(C(=O)OC[C@@H]2CCCO2)c2nc3ccccc3nc21. The average Bonchev–Trinajstić information content (AvgIpc) is 3.31. The highest BCUT2D eigenvalue weighted by Crippen LogP contribution is 2.29. The number of aromatic nitrogens is 3. The molecule has 28 heavy (non-hydrogen) atoms. The Morgan fingerprint density at radius 1 is 1.32 bits per heavy atom. The molecular formula is C20H24N4O4. The van der Waals surface area contributed by atoms with Crippen LogP contribution in [0, 0.1) is 0 Å². The first-order chi connectivity index (χ1) is 13.7. The molecule has 2 N–H and O–H groups in total. The van der Waals surface area contributed by atoms with Crippen molar-refractivity contribution < 1.29 is 19.0 Å². The second-order valence-corrected chi connectivity index (χ2v) is 6.88. The molecular weight excluding hydrogens is 360 g/mol. The number of hydrogen-bond acceptors (Lipinski definition) is 7. The molecule has 1 saturated heterocycles. The van der Waals surface area contributed by atoms with Crippen molar-refractivity contribution in [3.63, 3.8) is 0 Å². The zero-order chi connectivity index (χ0) is 19.5. The van der Waals surface area contributed by atoms with Gasteiger partial charge in [0.2, 0.25) is 0 Å². The van der Waals surface area contributed by atoms with E-state index < -0.39 is 5.97 Å². The number of carbonyl (C=O) groups excluding carboxylic acids is 1. The van der Waals surface area contributed by atoms with E-state index >= 15 is 0 Å². The van der Waals surface area contributed by atoms with Gasteiger partial charge in [0.25, 0.3) is 0 Å². The summed E-state index contributed by atoms with van der Waals surface area (Å²) >= 11 is 0. The number of aryl methyl sites for hydroxylation is 1. The highest BCUT2D eigenvalue weighted by atomic mass is 16.6. The molecule has 3 aromatic rings. The molecule has 0 spiro atoms. The summed E-state index contributed by atoms with van der Waals surface area (Å²) in [5.41, 5.74) is 9.12. The van der Waals surface area contributed by atoms with E-state index in [1.54, 1.807) is 7.11 Å². The molecule has 8 heteroatoms. The molecule has 0 saturated carbocycles. The number of methoxy groups -OCH3 is 1. The highest BCUT2D eigenvalue weighted by Gasteiger charge is 2.26. The van der Waals surface area contributed by atoms with Crippen molar-refractivity contribution in [1.82, 2.24) is 14.5 Å². The van der Waals surface area contributed by atoms with Crippen LogP contribution in [0.4, 0.5) is 5.82 Å². The molecule has 2 aromatic heterocycles. The number of carbonyl (C=O) groups is 1. The quantitative estimate of drug-likeness (QED) is 0.493. The number of para-hydroxylation sites is 2. The topological polar surface area (TPSA) is 101 Å².